The molecule has 0 bridgehead atoms. The third-order valence-electron chi connectivity index (χ3n) is 5.29. The van der Waals surface area contributed by atoms with Gasteiger partial charge in [0.1, 0.15) is 0 Å². The van der Waals surface area contributed by atoms with Crippen LogP contribution in [-0.2, 0) is 14.6 Å². The van der Waals surface area contributed by atoms with Crippen LogP contribution in [0.25, 0.3) is 0 Å². The molecule has 0 spiro atoms. The molecule has 0 N–H and O–H groups in total. The molecule has 144 valence electrons. The van der Waals surface area contributed by atoms with Crippen LogP contribution >= 0.6 is 0 Å². The molecule has 26 heavy (non-hydrogen) atoms. The van der Waals surface area contributed by atoms with E-state index in [1.807, 2.05) is 4.90 Å². The van der Waals surface area contributed by atoms with E-state index < -0.39 is 9.84 Å². The summed E-state index contributed by atoms with van der Waals surface area (Å²) in [6.45, 7) is 4.18. The van der Waals surface area contributed by atoms with E-state index in [9.17, 15) is 13.2 Å². The van der Waals surface area contributed by atoms with Gasteiger partial charge in [-0.3, -0.25) is 4.79 Å². The Morgan fingerprint density at radius 3 is 2.73 bits per heavy atom. The summed E-state index contributed by atoms with van der Waals surface area (Å²) in [6.07, 6.45) is 7.63. The summed E-state index contributed by atoms with van der Waals surface area (Å²) in [5, 5.41) is 0. The Labute approximate surface area is 155 Å². The lowest BCUT2D eigenvalue weighted by molar-refractivity contribution is -0.137. The number of anilines is 1. The molecular formula is C18H28N4O3S. The van der Waals surface area contributed by atoms with Gasteiger partial charge in [-0.1, -0.05) is 13.3 Å². The number of sulfone groups is 1. The van der Waals surface area contributed by atoms with Crippen LogP contribution in [0.3, 0.4) is 0 Å². The van der Waals surface area contributed by atoms with Crippen LogP contribution in [0.4, 0.5) is 5.95 Å². The molecule has 2 fully saturated rings. The summed E-state index contributed by atoms with van der Waals surface area (Å²) in [5.74, 6) is 0.950. The van der Waals surface area contributed by atoms with Crippen molar-refractivity contribution >= 4 is 21.7 Å². The van der Waals surface area contributed by atoms with Crippen molar-refractivity contribution in [2.75, 3.05) is 36.0 Å². The van der Waals surface area contributed by atoms with Gasteiger partial charge in [0.2, 0.25) is 11.9 Å². The maximum atomic E-state index is 13.2. The Bertz CT molecular complexity index is 710. The van der Waals surface area contributed by atoms with Crippen LogP contribution in [-0.4, -0.2) is 66.4 Å². The minimum absolute atomic E-state index is 0.0983. The summed E-state index contributed by atoms with van der Waals surface area (Å²) in [6, 6.07) is 1.62. The summed E-state index contributed by atoms with van der Waals surface area (Å²) >= 11 is 0. The van der Waals surface area contributed by atoms with E-state index in [1.165, 1.54) is 0 Å². The number of rotatable bonds is 6. The smallest absolute Gasteiger partial charge is 0.227 e. The fourth-order valence-corrected chi connectivity index (χ4v) is 5.60. The van der Waals surface area contributed by atoms with Crippen molar-refractivity contribution in [1.82, 2.24) is 14.9 Å². The monoisotopic (exact) mass is 380 g/mol. The van der Waals surface area contributed by atoms with Gasteiger partial charge in [-0.2, -0.15) is 0 Å². The second kappa shape index (κ2) is 8.33. The molecule has 0 saturated carbocycles. The molecular weight excluding hydrogens is 352 g/mol. The van der Waals surface area contributed by atoms with Gasteiger partial charge in [0.25, 0.3) is 0 Å². The first-order valence-electron chi connectivity index (χ1n) is 9.53. The SMILES string of the molecule is CCCCN(C(=O)C1CCCN(c2ncccn2)C1)C1CCS(=O)(=O)C1. The third-order valence-corrected chi connectivity index (χ3v) is 7.04. The van der Waals surface area contributed by atoms with E-state index in [-0.39, 0.29) is 29.4 Å². The van der Waals surface area contributed by atoms with E-state index in [2.05, 4.69) is 21.8 Å². The molecule has 8 heteroatoms. The highest BCUT2D eigenvalue weighted by atomic mass is 32.2. The number of amides is 1. The van der Waals surface area contributed by atoms with Crippen molar-refractivity contribution < 1.29 is 13.2 Å². The van der Waals surface area contributed by atoms with Crippen molar-refractivity contribution in [2.45, 2.75) is 45.1 Å². The van der Waals surface area contributed by atoms with Crippen molar-refractivity contribution in [1.29, 1.82) is 0 Å². The largest absolute Gasteiger partial charge is 0.340 e. The number of nitrogens with zero attached hydrogens (tertiary/aromatic N) is 4. The van der Waals surface area contributed by atoms with Crippen molar-refractivity contribution in [3.63, 3.8) is 0 Å². The normalized spacial score (nSPS) is 25.2. The lowest BCUT2D eigenvalue weighted by Gasteiger charge is -2.37. The van der Waals surface area contributed by atoms with Crippen LogP contribution in [0.5, 0.6) is 0 Å². The first kappa shape index (κ1) is 19.1. The predicted octanol–water partition coefficient (Wildman–Crippen LogP) is 1.51. The molecule has 3 rings (SSSR count). The number of carbonyl (C=O) groups is 1. The topological polar surface area (TPSA) is 83.5 Å². The zero-order valence-corrected chi connectivity index (χ0v) is 16.2. The van der Waals surface area contributed by atoms with Gasteiger partial charge in [-0.25, -0.2) is 18.4 Å². The second-order valence-corrected chi connectivity index (χ2v) is 9.50. The number of aromatic nitrogens is 2. The zero-order valence-electron chi connectivity index (χ0n) is 15.4. The highest BCUT2D eigenvalue weighted by molar-refractivity contribution is 7.91. The van der Waals surface area contributed by atoms with Crippen LogP contribution in [0.15, 0.2) is 18.5 Å². The summed E-state index contributed by atoms with van der Waals surface area (Å²) < 4.78 is 23.8. The molecule has 3 heterocycles. The summed E-state index contributed by atoms with van der Waals surface area (Å²) in [5.41, 5.74) is 0. The average molecular weight is 381 g/mol. The molecule has 0 aliphatic carbocycles. The van der Waals surface area contributed by atoms with E-state index in [0.29, 0.717) is 25.5 Å². The molecule has 2 unspecified atom stereocenters. The Kier molecular flexibility index (Phi) is 6.11. The van der Waals surface area contributed by atoms with Gasteiger partial charge in [0, 0.05) is 38.1 Å². The van der Waals surface area contributed by atoms with Gasteiger partial charge < -0.3 is 9.80 Å². The quantitative estimate of drug-likeness (QED) is 0.744. The van der Waals surface area contributed by atoms with Crippen LogP contribution in [0.1, 0.15) is 39.0 Å². The fourth-order valence-electron chi connectivity index (χ4n) is 3.87. The van der Waals surface area contributed by atoms with Crippen molar-refractivity contribution in [3.8, 4) is 0 Å². The van der Waals surface area contributed by atoms with Crippen molar-refractivity contribution in [3.05, 3.63) is 18.5 Å². The number of carbonyl (C=O) groups excluding carboxylic acids is 1. The number of unbranched alkanes of at least 4 members (excludes halogenated alkanes) is 1. The van der Waals surface area contributed by atoms with Gasteiger partial charge in [0.05, 0.1) is 17.4 Å². The van der Waals surface area contributed by atoms with E-state index in [1.54, 1.807) is 18.5 Å². The van der Waals surface area contributed by atoms with Crippen LogP contribution in [0, 0.1) is 5.92 Å². The Balaban J connectivity index is 1.71. The molecule has 0 aromatic carbocycles. The molecule has 2 atom stereocenters. The minimum Gasteiger partial charge on any atom is -0.340 e. The van der Waals surface area contributed by atoms with Gasteiger partial charge in [0.15, 0.2) is 9.84 Å². The maximum Gasteiger partial charge on any atom is 0.227 e. The standard InChI is InChI=1S/C18H28N4O3S/c1-2-3-11-22(16-7-12-26(24,25)14-16)17(23)15-6-4-10-21(13-15)18-19-8-5-9-20-18/h5,8-9,15-16H,2-4,6-7,10-14H2,1H3. The lowest BCUT2D eigenvalue weighted by atomic mass is 9.95. The average Bonchev–Trinajstić information content (AvgIpc) is 3.02. The number of piperidine rings is 1. The maximum absolute atomic E-state index is 13.2. The molecule has 0 radical (unpaired) electrons. The Morgan fingerprint density at radius 2 is 2.08 bits per heavy atom. The summed E-state index contributed by atoms with van der Waals surface area (Å²) in [7, 11) is -3.01. The first-order valence-corrected chi connectivity index (χ1v) is 11.3. The minimum atomic E-state index is -3.01. The highest BCUT2D eigenvalue weighted by Crippen LogP contribution is 2.25. The second-order valence-electron chi connectivity index (χ2n) is 7.28. The molecule has 2 aliphatic heterocycles. The Hall–Kier alpha value is -1.70. The number of hydrogen-bond acceptors (Lipinski definition) is 6. The molecule has 2 aliphatic rings. The fraction of sp³-hybridized carbons (Fsp3) is 0.722. The van der Waals surface area contributed by atoms with Crippen LogP contribution in [0.2, 0.25) is 0 Å². The van der Waals surface area contributed by atoms with E-state index >= 15 is 0 Å². The number of hydrogen-bond donors (Lipinski definition) is 0. The Morgan fingerprint density at radius 1 is 1.31 bits per heavy atom. The molecule has 1 amide bonds. The molecule has 1 aromatic rings. The third kappa shape index (κ3) is 4.52. The van der Waals surface area contributed by atoms with Gasteiger partial charge >= 0.3 is 0 Å². The molecule has 1 aromatic heterocycles. The predicted molar refractivity (Wildman–Crippen MR) is 101 cm³/mol. The highest BCUT2D eigenvalue weighted by Gasteiger charge is 2.38. The van der Waals surface area contributed by atoms with E-state index in [0.717, 1.165) is 32.2 Å². The summed E-state index contributed by atoms with van der Waals surface area (Å²) in [4.78, 5) is 25.8. The van der Waals surface area contributed by atoms with Gasteiger partial charge in [-0.15, -0.1) is 0 Å². The first-order chi connectivity index (χ1) is 12.5. The van der Waals surface area contributed by atoms with Crippen molar-refractivity contribution in [2.24, 2.45) is 5.92 Å². The lowest BCUT2D eigenvalue weighted by Crippen LogP contribution is -2.49. The van der Waals surface area contributed by atoms with Gasteiger partial charge in [-0.05, 0) is 31.7 Å². The van der Waals surface area contributed by atoms with E-state index in [4.69, 9.17) is 0 Å². The van der Waals surface area contributed by atoms with Crippen LogP contribution < -0.4 is 4.90 Å². The zero-order chi connectivity index (χ0) is 18.6. The molecule has 2 saturated heterocycles. The molecule has 7 nitrogen and oxygen atoms in total.